The van der Waals surface area contributed by atoms with E-state index in [2.05, 4.69) is 15.3 Å². The van der Waals surface area contributed by atoms with Crippen LogP contribution in [0, 0.1) is 0 Å². The summed E-state index contributed by atoms with van der Waals surface area (Å²) in [7, 11) is 0. The minimum absolute atomic E-state index is 0.0581. The second-order valence-electron chi connectivity index (χ2n) is 3.26. The van der Waals surface area contributed by atoms with E-state index in [0.717, 1.165) is 0 Å². The Morgan fingerprint density at radius 1 is 1.53 bits per heavy atom. The van der Waals surface area contributed by atoms with Crippen molar-refractivity contribution >= 4 is 11.8 Å². The molecular formula is C10H13N3O2. The van der Waals surface area contributed by atoms with Gasteiger partial charge in [0.05, 0.1) is 12.4 Å². The van der Waals surface area contributed by atoms with E-state index >= 15 is 0 Å². The summed E-state index contributed by atoms with van der Waals surface area (Å²) < 4.78 is 0. The van der Waals surface area contributed by atoms with Gasteiger partial charge in [0.2, 0.25) is 0 Å². The number of hydrogen-bond donors (Lipinski definition) is 2. The number of anilines is 1. The standard InChI is InChI=1S/C10H13N3O2/c1-7(2)3-4-12-9-6-11-5-8(13-9)10(14)15/h3,5-6H,4H2,1-2H3,(H,12,13)(H,14,15). The first-order chi connectivity index (χ1) is 7.09. The predicted molar refractivity (Wildman–Crippen MR) is 56.9 cm³/mol. The number of nitrogens with one attached hydrogen (secondary N) is 1. The highest BCUT2D eigenvalue weighted by molar-refractivity contribution is 5.85. The van der Waals surface area contributed by atoms with Gasteiger partial charge in [-0.1, -0.05) is 11.6 Å². The Labute approximate surface area is 87.9 Å². The van der Waals surface area contributed by atoms with Gasteiger partial charge in [0.1, 0.15) is 5.82 Å². The lowest BCUT2D eigenvalue weighted by molar-refractivity contribution is 0.0690. The Kier molecular flexibility index (Phi) is 3.79. The van der Waals surface area contributed by atoms with E-state index in [4.69, 9.17) is 5.11 Å². The maximum Gasteiger partial charge on any atom is 0.356 e. The zero-order chi connectivity index (χ0) is 11.3. The number of rotatable bonds is 4. The Hall–Kier alpha value is -1.91. The largest absolute Gasteiger partial charge is 0.476 e. The van der Waals surface area contributed by atoms with Crippen LogP contribution in [0.25, 0.3) is 0 Å². The van der Waals surface area contributed by atoms with E-state index in [1.807, 2.05) is 19.9 Å². The number of carboxylic acid groups (broad SMARTS) is 1. The van der Waals surface area contributed by atoms with Crippen LogP contribution in [0.3, 0.4) is 0 Å². The van der Waals surface area contributed by atoms with Crippen LogP contribution in [0.2, 0.25) is 0 Å². The number of hydrogen-bond acceptors (Lipinski definition) is 4. The predicted octanol–water partition coefficient (Wildman–Crippen LogP) is 1.55. The Morgan fingerprint density at radius 2 is 2.27 bits per heavy atom. The highest BCUT2D eigenvalue weighted by Gasteiger charge is 2.04. The maximum atomic E-state index is 10.6. The van der Waals surface area contributed by atoms with Crippen LogP contribution in [0.4, 0.5) is 5.82 Å². The molecule has 0 spiro atoms. The average Bonchev–Trinajstić information content (AvgIpc) is 2.17. The highest BCUT2D eigenvalue weighted by Crippen LogP contribution is 2.02. The van der Waals surface area contributed by atoms with Gasteiger partial charge in [-0.25, -0.2) is 9.78 Å². The van der Waals surface area contributed by atoms with Crippen molar-refractivity contribution in [1.82, 2.24) is 9.97 Å². The third kappa shape index (κ3) is 3.76. The van der Waals surface area contributed by atoms with Gasteiger partial charge in [0.25, 0.3) is 0 Å². The Balaban J connectivity index is 2.66. The van der Waals surface area contributed by atoms with Crippen molar-refractivity contribution in [3.05, 3.63) is 29.7 Å². The van der Waals surface area contributed by atoms with Crippen molar-refractivity contribution in [2.24, 2.45) is 0 Å². The minimum Gasteiger partial charge on any atom is -0.476 e. The number of carboxylic acids is 1. The van der Waals surface area contributed by atoms with Gasteiger partial charge >= 0.3 is 5.97 Å². The molecule has 0 aromatic carbocycles. The molecule has 0 bridgehead atoms. The van der Waals surface area contributed by atoms with E-state index in [9.17, 15) is 4.79 Å². The van der Waals surface area contributed by atoms with Crippen molar-refractivity contribution < 1.29 is 9.90 Å². The van der Waals surface area contributed by atoms with Gasteiger partial charge in [-0.2, -0.15) is 0 Å². The fourth-order valence-electron chi connectivity index (χ4n) is 0.914. The van der Waals surface area contributed by atoms with Crippen molar-refractivity contribution in [3.63, 3.8) is 0 Å². The molecule has 2 N–H and O–H groups in total. The molecule has 0 atom stereocenters. The fourth-order valence-corrected chi connectivity index (χ4v) is 0.914. The summed E-state index contributed by atoms with van der Waals surface area (Å²) in [5.41, 5.74) is 1.13. The number of nitrogens with zero attached hydrogens (tertiary/aromatic N) is 2. The molecule has 1 rings (SSSR count). The first-order valence-electron chi connectivity index (χ1n) is 4.52. The number of carbonyl (C=O) groups is 1. The molecule has 1 aromatic heterocycles. The average molecular weight is 207 g/mol. The lowest BCUT2D eigenvalue weighted by Gasteiger charge is -2.02. The SMILES string of the molecule is CC(C)=CCNc1cncc(C(=O)O)n1. The first-order valence-corrected chi connectivity index (χ1v) is 4.52. The van der Waals surface area contributed by atoms with E-state index in [-0.39, 0.29) is 5.69 Å². The summed E-state index contributed by atoms with van der Waals surface area (Å²) >= 11 is 0. The molecule has 0 saturated heterocycles. The van der Waals surface area contributed by atoms with Crippen LogP contribution in [-0.2, 0) is 0 Å². The molecule has 1 aromatic rings. The fraction of sp³-hybridized carbons (Fsp3) is 0.300. The monoisotopic (exact) mass is 207 g/mol. The van der Waals surface area contributed by atoms with Crippen LogP contribution in [0.1, 0.15) is 24.3 Å². The molecule has 1 heterocycles. The summed E-state index contributed by atoms with van der Waals surface area (Å²) in [6.45, 7) is 4.59. The molecule has 80 valence electrons. The van der Waals surface area contributed by atoms with Gasteiger partial charge < -0.3 is 10.4 Å². The first kappa shape index (κ1) is 11.2. The van der Waals surface area contributed by atoms with Crippen molar-refractivity contribution in [3.8, 4) is 0 Å². The Bertz CT molecular complexity index is 384. The zero-order valence-corrected chi connectivity index (χ0v) is 8.69. The summed E-state index contributed by atoms with van der Waals surface area (Å²) in [4.78, 5) is 18.2. The van der Waals surface area contributed by atoms with Crippen molar-refractivity contribution in [1.29, 1.82) is 0 Å². The maximum absolute atomic E-state index is 10.6. The van der Waals surface area contributed by atoms with E-state index in [0.29, 0.717) is 12.4 Å². The molecule has 0 saturated carbocycles. The minimum atomic E-state index is -1.08. The number of aromatic carboxylic acids is 1. The third-order valence-corrected chi connectivity index (χ3v) is 1.65. The molecule has 0 radical (unpaired) electrons. The summed E-state index contributed by atoms with van der Waals surface area (Å²) in [6.07, 6.45) is 4.69. The Morgan fingerprint density at radius 3 is 2.87 bits per heavy atom. The van der Waals surface area contributed by atoms with Crippen LogP contribution in [0.15, 0.2) is 24.0 Å². The van der Waals surface area contributed by atoms with E-state index in [1.165, 1.54) is 18.0 Å². The molecule has 0 aliphatic carbocycles. The molecule has 0 aliphatic rings. The lowest BCUT2D eigenvalue weighted by atomic mass is 10.3. The second-order valence-corrected chi connectivity index (χ2v) is 3.26. The quantitative estimate of drug-likeness (QED) is 0.733. The lowest BCUT2D eigenvalue weighted by Crippen LogP contribution is -2.06. The van der Waals surface area contributed by atoms with E-state index < -0.39 is 5.97 Å². The van der Waals surface area contributed by atoms with Gasteiger partial charge in [-0.15, -0.1) is 0 Å². The van der Waals surface area contributed by atoms with Crippen LogP contribution < -0.4 is 5.32 Å². The molecule has 5 nitrogen and oxygen atoms in total. The topological polar surface area (TPSA) is 75.1 Å². The van der Waals surface area contributed by atoms with Crippen LogP contribution >= 0.6 is 0 Å². The van der Waals surface area contributed by atoms with Crippen LogP contribution in [0.5, 0.6) is 0 Å². The molecule has 0 unspecified atom stereocenters. The van der Waals surface area contributed by atoms with Crippen molar-refractivity contribution in [2.75, 3.05) is 11.9 Å². The van der Waals surface area contributed by atoms with Crippen LogP contribution in [-0.4, -0.2) is 27.6 Å². The molecule has 0 aliphatic heterocycles. The zero-order valence-electron chi connectivity index (χ0n) is 8.69. The summed E-state index contributed by atoms with van der Waals surface area (Å²) in [5, 5.41) is 11.6. The number of allylic oxidation sites excluding steroid dienone is 1. The van der Waals surface area contributed by atoms with Gasteiger partial charge in [-0.3, -0.25) is 4.98 Å². The third-order valence-electron chi connectivity index (χ3n) is 1.65. The molecule has 5 heteroatoms. The van der Waals surface area contributed by atoms with Gasteiger partial charge in [0, 0.05) is 6.54 Å². The normalized spacial score (nSPS) is 9.47. The smallest absolute Gasteiger partial charge is 0.356 e. The second kappa shape index (κ2) is 5.09. The summed E-state index contributed by atoms with van der Waals surface area (Å²) in [6, 6.07) is 0. The molecule has 0 fully saturated rings. The highest BCUT2D eigenvalue weighted by atomic mass is 16.4. The van der Waals surface area contributed by atoms with Crippen molar-refractivity contribution in [2.45, 2.75) is 13.8 Å². The van der Waals surface area contributed by atoms with Gasteiger partial charge in [-0.05, 0) is 13.8 Å². The molecular weight excluding hydrogens is 194 g/mol. The van der Waals surface area contributed by atoms with Gasteiger partial charge in [0.15, 0.2) is 5.69 Å². The molecule has 15 heavy (non-hydrogen) atoms. The van der Waals surface area contributed by atoms with E-state index in [1.54, 1.807) is 0 Å². The number of aromatic nitrogens is 2. The molecule has 0 amide bonds. The summed E-state index contributed by atoms with van der Waals surface area (Å²) in [5.74, 6) is -0.610.